The summed E-state index contributed by atoms with van der Waals surface area (Å²) in [4.78, 5) is 12.1. The smallest absolute Gasteiger partial charge is 0.365 e. The van der Waals surface area contributed by atoms with Crippen LogP contribution < -0.4 is 10.0 Å². The number of carbonyl (C=O) groups is 1. The van der Waals surface area contributed by atoms with Gasteiger partial charge in [-0.25, -0.2) is 14.8 Å². The number of esters is 1. The summed E-state index contributed by atoms with van der Waals surface area (Å²) in [6.07, 6.45) is 1.43. The van der Waals surface area contributed by atoms with Gasteiger partial charge in [0.05, 0.1) is 23.7 Å². The molecule has 0 radical (unpaired) electrons. The van der Waals surface area contributed by atoms with Crippen molar-refractivity contribution in [2.24, 2.45) is 10.2 Å². The summed E-state index contributed by atoms with van der Waals surface area (Å²) in [5.74, 6) is -0.418. The normalized spacial score (nSPS) is 19.3. The molecule has 0 amide bonds. The zero-order valence-corrected chi connectivity index (χ0v) is 22.8. The number of halogens is 1. The van der Waals surface area contributed by atoms with E-state index in [1.54, 1.807) is 6.92 Å². The van der Waals surface area contributed by atoms with E-state index in [0.29, 0.717) is 18.1 Å². The molecule has 0 aromatic heterocycles. The van der Waals surface area contributed by atoms with E-state index < -0.39 is 11.0 Å². The molecule has 6 nitrogen and oxygen atoms in total. The zero-order valence-electron chi connectivity index (χ0n) is 20.4. The van der Waals surface area contributed by atoms with E-state index in [9.17, 15) is 4.79 Å². The topological polar surface area (TPSA) is 57.5 Å². The number of anilines is 2. The zero-order chi connectivity index (χ0) is 25.3. The second kappa shape index (κ2) is 10.1. The van der Waals surface area contributed by atoms with Crippen LogP contribution in [0.4, 0.5) is 11.4 Å². The summed E-state index contributed by atoms with van der Waals surface area (Å²) in [6.45, 7) is 6.32. The first-order chi connectivity index (χ1) is 17.4. The van der Waals surface area contributed by atoms with Gasteiger partial charge in [0.2, 0.25) is 10.0 Å². The largest absolute Gasteiger partial charge is 0.461 e. The van der Waals surface area contributed by atoms with Crippen LogP contribution in [0.15, 0.2) is 87.5 Å². The number of para-hydroxylation sites is 1. The van der Waals surface area contributed by atoms with E-state index in [1.165, 1.54) is 22.9 Å². The Morgan fingerprint density at radius 1 is 1.00 bits per heavy atom. The summed E-state index contributed by atoms with van der Waals surface area (Å²) in [7, 11) is 0. The molecule has 8 heteroatoms. The van der Waals surface area contributed by atoms with Gasteiger partial charge in [0.15, 0.2) is 0 Å². The molecule has 1 spiro atoms. The molecule has 0 fully saturated rings. The maximum Gasteiger partial charge on any atom is 0.365 e. The lowest BCUT2D eigenvalue weighted by Gasteiger charge is -2.46. The monoisotopic (exact) mass is 562 g/mol. The van der Waals surface area contributed by atoms with Crippen LogP contribution >= 0.6 is 27.7 Å². The number of nitrogens with zero attached hydrogens (tertiary/aromatic N) is 4. The average Bonchev–Trinajstić information content (AvgIpc) is 3.27. The van der Waals surface area contributed by atoms with Gasteiger partial charge in [-0.05, 0) is 87.0 Å². The van der Waals surface area contributed by atoms with E-state index in [4.69, 9.17) is 14.9 Å². The number of hydrogen-bond acceptors (Lipinski definition) is 7. The van der Waals surface area contributed by atoms with Crippen molar-refractivity contribution in [3.05, 3.63) is 94.0 Å². The number of aryl methyl sites for hydroxylation is 2. The molecular weight excluding hydrogens is 536 g/mol. The number of benzene rings is 3. The molecule has 2 aliphatic heterocycles. The van der Waals surface area contributed by atoms with Crippen LogP contribution in [0, 0.1) is 13.8 Å². The van der Waals surface area contributed by atoms with Gasteiger partial charge in [-0.15, -0.1) is 0 Å². The van der Waals surface area contributed by atoms with Gasteiger partial charge in [0.1, 0.15) is 0 Å². The predicted octanol–water partition coefficient (Wildman–Crippen LogP) is 6.85. The Kier molecular flexibility index (Phi) is 6.90. The Labute approximate surface area is 224 Å². The minimum Gasteiger partial charge on any atom is -0.461 e. The number of carbonyl (C=O) groups excluding carboxylic acids is 1. The molecule has 0 bridgehead atoms. The van der Waals surface area contributed by atoms with E-state index in [-0.39, 0.29) is 0 Å². The van der Waals surface area contributed by atoms with Gasteiger partial charge in [-0.3, -0.25) is 0 Å². The van der Waals surface area contributed by atoms with Gasteiger partial charge in [0, 0.05) is 16.5 Å². The quantitative estimate of drug-likeness (QED) is 0.318. The standard InChI is InChI=1S/C28H27BrN4O2S/c1-4-35-27(34)26-31-33(23-14-12-21(29)13-15-23)28(36-26)17-16-25(24-18-19(2)10-11-20(24)3)30-32(28)22-8-6-5-7-9-22/h5-15,18H,4,16-17H2,1-3H3/t28-/m0/s1. The first kappa shape index (κ1) is 24.6. The Morgan fingerprint density at radius 3 is 2.42 bits per heavy atom. The number of thioether (sulfide) groups is 1. The van der Waals surface area contributed by atoms with E-state index in [1.807, 2.05) is 64.6 Å². The third-order valence-electron chi connectivity index (χ3n) is 6.25. The van der Waals surface area contributed by atoms with Gasteiger partial charge >= 0.3 is 5.97 Å². The summed E-state index contributed by atoms with van der Waals surface area (Å²) in [6, 6.07) is 24.5. The molecule has 2 aliphatic rings. The highest BCUT2D eigenvalue weighted by molar-refractivity contribution is 9.10. The van der Waals surface area contributed by atoms with Crippen molar-refractivity contribution < 1.29 is 9.53 Å². The van der Waals surface area contributed by atoms with Crippen LogP contribution in [0.25, 0.3) is 0 Å². The molecule has 0 unspecified atom stereocenters. The Bertz CT molecular complexity index is 1340. The first-order valence-corrected chi connectivity index (χ1v) is 13.5. The maximum absolute atomic E-state index is 12.9. The van der Waals surface area contributed by atoms with Crippen molar-refractivity contribution in [3.63, 3.8) is 0 Å². The average molecular weight is 564 g/mol. The highest BCUT2D eigenvalue weighted by Gasteiger charge is 2.53. The molecule has 2 heterocycles. The molecule has 5 rings (SSSR count). The Hall–Kier alpha value is -3.10. The second-order valence-corrected chi connectivity index (χ2v) is 10.9. The summed E-state index contributed by atoms with van der Waals surface area (Å²) in [5.41, 5.74) is 6.36. The van der Waals surface area contributed by atoms with E-state index >= 15 is 0 Å². The van der Waals surface area contributed by atoms with Crippen LogP contribution in [-0.4, -0.2) is 28.3 Å². The fraction of sp³-hybridized carbons (Fsp3) is 0.250. The van der Waals surface area contributed by atoms with Gasteiger partial charge < -0.3 is 4.74 Å². The lowest BCUT2D eigenvalue weighted by molar-refractivity contribution is -0.134. The first-order valence-electron chi connectivity index (χ1n) is 11.9. The van der Waals surface area contributed by atoms with Gasteiger partial charge in [0.25, 0.3) is 0 Å². The number of hydrogen-bond donors (Lipinski definition) is 0. The van der Waals surface area contributed by atoms with E-state index in [0.717, 1.165) is 33.5 Å². The SMILES string of the molecule is CCOC(=O)C1=NN(c2ccc(Br)cc2)[C@@]2(CCC(c3cc(C)ccc3C)=NN2c2ccccc2)S1. The summed E-state index contributed by atoms with van der Waals surface area (Å²) in [5, 5.41) is 14.3. The highest BCUT2D eigenvalue weighted by Crippen LogP contribution is 2.50. The lowest BCUT2D eigenvalue weighted by atomic mass is 9.96. The van der Waals surface area contributed by atoms with Crippen molar-refractivity contribution in [1.82, 2.24) is 0 Å². The Morgan fingerprint density at radius 2 is 1.69 bits per heavy atom. The van der Waals surface area contributed by atoms with Crippen molar-refractivity contribution >= 4 is 55.8 Å². The van der Waals surface area contributed by atoms with Crippen LogP contribution in [0.2, 0.25) is 0 Å². The van der Waals surface area contributed by atoms with Crippen LogP contribution in [0.5, 0.6) is 0 Å². The van der Waals surface area contributed by atoms with Crippen molar-refractivity contribution in [2.45, 2.75) is 38.6 Å². The highest BCUT2D eigenvalue weighted by atomic mass is 79.9. The van der Waals surface area contributed by atoms with Crippen LogP contribution in [0.3, 0.4) is 0 Å². The predicted molar refractivity (Wildman–Crippen MR) is 152 cm³/mol. The molecule has 184 valence electrons. The molecule has 0 saturated heterocycles. The molecule has 0 aliphatic carbocycles. The number of rotatable bonds is 5. The van der Waals surface area contributed by atoms with Gasteiger partial charge in [-0.1, -0.05) is 51.8 Å². The molecule has 3 aromatic carbocycles. The number of ether oxygens (including phenoxy) is 1. The minimum atomic E-state index is -0.765. The lowest BCUT2D eigenvalue weighted by Crippen LogP contribution is -2.56. The molecule has 1 atom stereocenters. The van der Waals surface area contributed by atoms with Gasteiger partial charge in [-0.2, -0.15) is 10.2 Å². The molecule has 3 aromatic rings. The molecule has 36 heavy (non-hydrogen) atoms. The molecule has 0 N–H and O–H groups in total. The third-order valence-corrected chi connectivity index (χ3v) is 8.09. The van der Waals surface area contributed by atoms with Crippen LogP contribution in [-0.2, 0) is 9.53 Å². The second-order valence-electron chi connectivity index (χ2n) is 8.77. The third kappa shape index (κ3) is 4.55. The molecular formula is C28H27BrN4O2S. The minimum absolute atomic E-state index is 0.293. The molecule has 0 saturated carbocycles. The fourth-order valence-corrected chi connectivity index (χ4v) is 6.00. The van der Waals surface area contributed by atoms with Crippen molar-refractivity contribution in [1.29, 1.82) is 0 Å². The fourth-order valence-electron chi connectivity index (χ4n) is 4.49. The summed E-state index contributed by atoms with van der Waals surface area (Å²) < 4.78 is 6.32. The number of hydrazone groups is 2. The summed E-state index contributed by atoms with van der Waals surface area (Å²) >= 11 is 4.93. The Balaban J connectivity index is 1.67. The van der Waals surface area contributed by atoms with Crippen molar-refractivity contribution in [3.8, 4) is 0 Å². The van der Waals surface area contributed by atoms with Crippen molar-refractivity contribution in [2.75, 3.05) is 16.6 Å². The van der Waals surface area contributed by atoms with Crippen LogP contribution in [0.1, 0.15) is 36.5 Å². The maximum atomic E-state index is 12.9. The van der Waals surface area contributed by atoms with E-state index in [2.05, 4.69) is 48.0 Å².